The summed E-state index contributed by atoms with van der Waals surface area (Å²) < 4.78 is 39.4. The molecule has 5 heteroatoms. The molecule has 0 saturated carbocycles. The Bertz CT molecular complexity index is 419. The molecule has 0 bridgehead atoms. The van der Waals surface area contributed by atoms with Crippen molar-refractivity contribution in [1.29, 1.82) is 0 Å². The van der Waals surface area contributed by atoms with Crippen molar-refractivity contribution in [2.45, 2.75) is 26.4 Å². The minimum Gasteiger partial charge on any atom is -0.384 e. The molecule has 0 aliphatic rings. The SMILES string of the molecule is CC(C)CNCC(C)(O)c1ccc(F)c(F)c1F. The van der Waals surface area contributed by atoms with Crippen LogP contribution in [0.25, 0.3) is 0 Å². The summed E-state index contributed by atoms with van der Waals surface area (Å²) in [6.07, 6.45) is 0. The third kappa shape index (κ3) is 3.46. The van der Waals surface area contributed by atoms with E-state index >= 15 is 0 Å². The average Bonchev–Trinajstić information content (AvgIpc) is 2.24. The van der Waals surface area contributed by atoms with Crippen molar-refractivity contribution in [2.24, 2.45) is 5.92 Å². The highest BCUT2D eigenvalue weighted by molar-refractivity contribution is 5.26. The molecule has 0 aromatic heterocycles. The van der Waals surface area contributed by atoms with E-state index < -0.39 is 23.1 Å². The molecule has 0 heterocycles. The summed E-state index contributed by atoms with van der Waals surface area (Å²) in [5.74, 6) is -3.79. The van der Waals surface area contributed by atoms with Gasteiger partial charge in [-0.2, -0.15) is 0 Å². The highest BCUT2D eigenvalue weighted by atomic mass is 19.2. The van der Waals surface area contributed by atoms with E-state index in [1.54, 1.807) is 0 Å². The number of hydrogen-bond acceptors (Lipinski definition) is 2. The quantitative estimate of drug-likeness (QED) is 0.798. The highest BCUT2D eigenvalue weighted by Gasteiger charge is 2.29. The Hall–Kier alpha value is -1.07. The van der Waals surface area contributed by atoms with Crippen molar-refractivity contribution in [1.82, 2.24) is 5.32 Å². The number of rotatable bonds is 5. The van der Waals surface area contributed by atoms with Crippen LogP contribution >= 0.6 is 0 Å². The first-order valence-electron chi connectivity index (χ1n) is 5.82. The van der Waals surface area contributed by atoms with Crippen LogP contribution in [-0.2, 0) is 5.60 Å². The van der Waals surface area contributed by atoms with Gasteiger partial charge in [0.1, 0.15) is 5.60 Å². The van der Waals surface area contributed by atoms with Gasteiger partial charge < -0.3 is 10.4 Å². The first-order chi connectivity index (χ1) is 8.25. The monoisotopic (exact) mass is 261 g/mol. The molecule has 1 unspecified atom stereocenters. The van der Waals surface area contributed by atoms with E-state index in [2.05, 4.69) is 5.32 Å². The third-order valence-electron chi connectivity index (χ3n) is 2.64. The maximum atomic E-state index is 13.5. The van der Waals surface area contributed by atoms with E-state index in [0.717, 1.165) is 12.1 Å². The van der Waals surface area contributed by atoms with Crippen LogP contribution in [0.2, 0.25) is 0 Å². The maximum absolute atomic E-state index is 13.5. The molecule has 1 aromatic rings. The van der Waals surface area contributed by atoms with Crippen LogP contribution in [-0.4, -0.2) is 18.2 Å². The van der Waals surface area contributed by atoms with Gasteiger partial charge in [0.05, 0.1) is 0 Å². The van der Waals surface area contributed by atoms with Crippen molar-refractivity contribution >= 4 is 0 Å². The number of benzene rings is 1. The van der Waals surface area contributed by atoms with E-state index in [1.807, 2.05) is 13.8 Å². The minimum atomic E-state index is -1.59. The largest absolute Gasteiger partial charge is 0.384 e. The molecule has 1 atom stereocenters. The van der Waals surface area contributed by atoms with Gasteiger partial charge in [0.15, 0.2) is 17.5 Å². The lowest BCUT2D eigenvalue weighted by Gasteiger charge is -2.25. The number of halogens is 3. The zero-order valence-corrected chi connectivity index (χ0v) is 10.7. The normalized spacial score (nSPS) is 14.9. The Kier molecular flexibility index (Phi) is 4.76. The van der Waals surface area contributed by atoms with Gasteiger partial charge in [-0.1, -0.05) is 19.9 Å². The Labute approximate surface area is 105 Å². The second kappa shape index (κ2) is 5.71. The van der Waals surface area contributed by atoms with Gasteiger partial charge in [-0.3, -0.25) is 0 Å². The molecule has 18 heavy (non-hydrogen) atoms. The summed E-state index contributed by atoms with van der Waals surface area (Å²) in [5, 5.41) is 13.1. The topological polar surface area (TPSA) is 32.3 Å². The number of hydrogen-bond donors (Lipinski definition) is 2. The van der Waals surface area contributed by atoms with Crippen LogP contribution in [0.1, 0.15) is 26.3 Å². The first kappa shape index (κ1) is 15.0. The Morgan fingerprint density at radius 2 is 1.83 bits per heavy atom. The summed E-state index contributed by atoms with van der Waals surface area (Å²) in [6.45, 7) is 6.03. The molecule has 0 aliphatic carbocycles. The molecule has 1 rings (SSSR count). The molecule has 2 N–H and O–H groups in total. The van der Waals surface area contributed by atoms with E-state index in [9.17, 15) is 18.3 Å². The van der Waals surface area contributed by atoms with Crippen molar-refractivity contribution in [2.75, 3.05) is 13.1 Å². The molecule has 1 aromatic carbocycles. The number of aliphatic hydroxyl groups is 1. The number of nitrogens with one attached hydrogen (secondary N) is 1. The molecule has 0 radical (unpaired) electrons. The van der Waals surface area contributed by atoms with Crippen molar-refractivity contribution in [3.63, 3.8) is 0 Å². The lowest BCUT2D eigenvalue weighted by molar-refractivity contribution is 0.0517. The Morgan fingerprint density at radius 3 is 2.39 bits per heavy atom. The Balaban J connectivity index is 2.88. The summed E-state index contributed by atoms with van der Waals surface area (Å²) in [5.41, 5.74) is -1.84. The molecule has 0 amide bonds. The van der Waals surface area contributed by atoms with Crippen LogP contribution in [0.5, 0.6) is 0 Å². The Morgan fingerprint density at radius 1 is 1.22 bits per heavy atom. The van der Waals surface area contributed by atoms with Crippen LogP contribution < -0.4 is 5.32 Å². The van der Waals surface area contributed by atoms with Crippen LogP contribution in [0.15, 0.2) is 12.1 Å². The molecule has 0 saturated heterocycles. The maximum Gasteiger partial charge on any atom is 0.194 e. The standard InChI is InChI=1S/C13H18F3NO/c1-8(2)6-17-7-13(3,18)9-4-5-10(14)12(16)11(9)15/h4-5,8,17-18H,6-7H2,1-3H3. The lowest BCUT2D eigenvalue weighted by atomic mass is 9.95. The van der Waals surface area contributed by atoms with Gasteiger partial charge in [-0.05, 0) is 25.5 Å². The lowest BCUT2D eigenvalue weighted by Crippen LogP contribution is -2.37. The highest BCUT2D eigenvalue weighted by Crippen LogP contribution is 2.25. The fraction of sp³-hybridized carbons (Fsp3) is 0.538. The van der Waals surface area contributed by atoms with Gasteiger partial charge in [0.2, 0.25) is 0 Å². The van der Waals surface area contributed by atoms with Crippen molar-refractivity contribution in [3.05, 3.63) is 35.1 Å². The fourth-order valence-electron chi connectivity index (χ4n) is 1.64. The van der Waals surface area contributed by atoms with Crippen molar-refractivity contribution in [3.8, 4) is 0 Å². The molecule has 0 fully saturated rings. The minimum absolute atomic E-state index is 0.0627. The molecular formula is C13H18F3NO. The predicted molar refractivity (Wildman–Crippen MR) is 63.6 cm³/mol. The van der Waals surface area contributed by atoms with E-state index in [4.69, 9.17) is 0 Å². The van der Waals surface area contributed by atoms with Crippen LogP contribution in [0.4, 0.5) is 13.2 Å². The molecule has 102 valence electrons. The van der Waals surface area contributed by atoms with E-state index in [0.29, 0.717) is 12.5 Å². The molecular weight excluding hydrogens is 243 g/mol. The summed E-state index contributed by atoms with van der Waals surface area (Å²) in [6, 6.07) is 1.87. The summed E-state index contributed by atoms with van der Waals surface area (Å²) in [4.78, 5) is 0. The zero-order valence-electron chi connectivity index (χ0n) is 10.7. The molecule has 2 nitrogen and oxygen atoms in total. The first-order valence-corrected chi connectivity index (χ1v) is 5.82. The second-order valence-corrected chi connectivity index (χ2v) is 5.02. The fourth-order valence-corrected chi connectivity index (χ4v) is 1.64. The predicted octanol–water partition coefficient (Wildman–Crippen LogP) is 2.56. The van der Waals surface area contributed by atoms with Gasteiger partial charge in [0.25, 0.3) is 0 Å². The van der Waals surface area contributed by atoms with Gasteiger partial charge >= 0.3 is 0 Å². The van der Waals surface area contributed by atoms with E-state index in [1.165, 1.54) is 6.92 Å². The van der Waals surface area contributed by atoms with Gasteiger partial charge in [-0.25, -0.2) is 13.2 Å². The smallest absolute Gasteiger partial charge is 0.194 e. The van der Waals surface area contributed by atoms with Gasteiger partial charge in [-0.15, -0.1) is 0 Å². The van der Waals surface area contributed by atoms with Crippen molar-refractivity contribution < 1.29 is 18.3 Å². The molecule has 0 aliphatic heterocycles. The third-order valence-corrected chi connectivity index (χ3v) is 2.64. The molecule has 0 spiro atoms. The summed E-state index contributed by atoms with van der Waals surface area (Å²) >= 11 is 0. The van der Waals surface area contributed by atoms with Gasteiger partial charge in [0, 0.05) is 12.1 Å². The van der Waals surface area contributed by atoms with Crippen LogP contribution in [0.3, 0.4) is 0 Å². The van der Waals surface area contributed by atoms with Crippen LogP contribution in [0, 0.1) is 23.4 Å². The second-order valence-electron chi connectivity index (χ2n) is 5.02. The van der Waals surface area contributed by atoms with E-state index in [-0.39, 0.29) is 12.1 Å². The zero-order chi connectivity index (χ0) is 13.9. The average molecular weight is 261 g/mol. The summed E-state index contributed by atoms with van der Waals surface area (Å²) in [7, 11) is 0.